The molecule has 0 unspecified atom stereocenters. The van der Waals surface area contributed by atoms with Crippen LogP contribution in [0.4, 0.5) is 17.1 Å². The second-order valence-electron chi connectivity index (χ2n) is 5.17. The summed E-state index contributed by atoms with van der Waals surface area (Å²) < 4.78 is 0. The van der Waals surface area contributed by atoms with Gasteiger partial charge in [0.25, 0.3) is 5.69 Å². The highest BCUT2D eigenvalue weighted by atomic mass is 16.6. The van der Waals surface area contributed by atoms with Gasteiger partial charge in [0, 0.05) is 18.7 Å². The van der Waals surface area contributed by atoms with E-state index in [-0.39, 0.29) is 22.8 Å². The Kier molecular flexibility index (Phi) is 5.43. The van der Waals surface area contributed by atoms with Crippen molar-refractivity contribution in [1.29, 1.82) is 5.26 Å². The number of nitrogens with zero attached hydrogens (tertiary/aromatic N) is 3. The zero-order valence-corrected chi connectivity index (χ0v) is 13.6. The third kappa shape index (κ3) is 4.62. The van der Waals surface area contributed by atoms with Gasteiger partial charge < -0.3 is 5.32 Å². The summed E-state index contributed by atoms with van der Waals surface area (Å²) in [6, 6.07) is 13.0. The molecule has 2 aromatic carbocycles. The largest absolute Gasteiger partial charge is 0.326 e. The predicted molar refractivity (Wildman–Crippen MR) is 94.4 cm³/mol. The Balaban J connectivity index is 2.20. The van der Waals surface area contributed by atoms with Gasteiger partial charge in [-0.3, -0.25) is 20.3 Å². The van der Waals surface area contributed by atoms with E-state index >= 15 is 0 Å². The number of nitrogens with one attached hydrogen (secondary N) is 2. The number of carbonyl (C=O) groups excluding carboxylic acids is 1. The molecule has 8 nitrogen and oxygen atoms in total. The van der Waals surface area contributed by atoms with Crippen LogP contribution in [0.2, 0.25) is 0 Å². The van der Waals surface area contributed by atoms with Gasteiger partial charge in [0.15, 0.2) is 0 Å². The first-order valence-electron chi connectivity index (χ1n) is 7.27. The topological polar surface area (TPSA) is 120 Å². The summed E-state index contributed by atoms with van der Waals surface area (Å²) in [7, 11) is 0. The number of amides is 1. The first-order chi connectivity index (χ1) is 11.9. The van der Waals surface area contributed by atoms with Crippen molar-refractivity contribution in [2.75, 3.05) is 10.7 Å². The van der Waals surface area contributed by atoms with E-state index in [0.717, 1.165) is 5.56 Å². The third-order valence-corrected chi connectivity index (χ3v) is 3.29. The SMILES string of the molecule is CC(=O)Nc1ccc(/C(C)=N\Nc2ccc(C#N)cc2[N+](=O)[O-])cc1. The third-order valence-electron chi connectivity index (χ3n) is 3.29. The second-order valence-corrected chi connectivity index (χ2v) is 5.17. The fourth-order valence-corrected chi connectivity index (χ4v) is 2.05. The highest BCUT2D eigenvalue weighted by Gasteiger charge is 2.14. The molecule has 0 radical (unpaired) electrons. The lowest BCUT2D eigenvalue weighted by Crippen LogP contribution is -2.06. The average molecular weight is 337 g/mol. The molecule has 0 aromatic heterocycles. The number of hydrogen-bond donors (Lipinski definition) is 2. The molecular formula is C17H15N5O3. The van der Waals surface area contributed by atoms with Crippen molar-refractivity contribution >= 4 is 28.7 Å². The smallest absolute Gasteiger partial charge is 0.295 e. The van der Waals surface area contributed by atoms with Crippen LogP contribution in [0.15, 0.2) is 47.6 Å². The van der Waals surface area contributed by atoms with Crippen LogP contribution in [0.3, 0.4) is 0 Å². The maximum absolute atomic E-state index is 11.1. The molecule has 0 saturated carbocycles. The number of nitro benzene ring substituents is 1. The minimum atomic E-state index is -0.573. The van der Waals surface area contributed by atoms with E-state index in [4.69, 9.17) is 5.26 Å². The molecule has 0 bridgehead atoms. The monoisotopic (exact) mass is 337 g/mol. The lowest BCUT2D eigenvalue weighted by molar-refractivity contribution is -0.384. The number of carbonyl (C=O) groups is 1. The molecule has 0 atom stereocenters. The molecular weight excluding hydrogens is 322 g/mol. The van der Waals surface area contributed by atoms with Crippen molar-refractivity contribution in [3.05, 3.63) is 63.7 Å². The van der Waals surface area contributed by atoms with Crippen LogP contribution in [0.5, 0.6) is 0 Å². The Morgan fingerprint density at radius 1 is 1.20 bits per heavy atom. The van der Waals surface area contributed by atoms with E-state index in [1.54, 1.807) is 31.2 Å². The van der Waals surface area contributed by atoms with Crippen LogP contribution < -0.4 is 10.7 Å². The summed E-state index contributed by atoms with van der Waals surface area (Å²) in [5.74, 6) is -0.159. The van der Waals surface area contributed by atoms with Crippen LogP contribution in [-0.2, 0) is 4.79 Å². The molecule has 0 aliphatic heterocycles. The normalized spacial score (nSPS) is 10.7. The minimum Gasteiger partial charge on any atom is -0.326 e. The molecule has 8 heteroatoms. The van der Waals surface area contributed by atoms with Gasteiger partial charge in [-0.1, -0.05) is 12.1 Å². The highest BCUT2D eigenvalue weighted by molar-refractivity contribution is 5.99. The molecule has 25 heavy (non-hydrogen) atoms. The van der Waals surface area contributed by atoms with Gasteiger partial charge in [-0.2, -0.15) is 10.4 Å². The molecule has 2 N–H and O–H groups in total. The Labute approximate surface area is 143 Å². The first kappa shape index (κ1) is 17.6. The maximum Gasteiger partial charge on any atom is 0.295 e. The van der Waals surface area contributed by atoms with Gasteiger partial charge in [-0.05, 0) is 36.8 Å². The highest BCUT2D eigenvalue weighted by Crippen LogP contribution is 2.25. The van der Waals surface area contributed by atoms with Crippen molar-refractivity contribution in [1.82, 2.24) is 0 Å². The summed E-state index contributed by atoms with van der Waals surface area (Å²) in [6.45, 7) is 3.17. The molecule has 0 spiro atoms. The summed E-state index contributed by atoms with van der Waals surface area (Å²) in [5.41, 5.74) is 4.89. The van der Waals surface area contributed by atoms with E-state index < -0.39 is 4.92 Å². The van der Waals surface area contributed by atoms with Crippen molar-refractivity contribution in [3.63, 3.8) is 0 Å². The average Bonchev–Trinajstić information content (AvgIpc) is 2.59. The van der Waals surface area contributed by atoms with Crippen LogP contribution in [0.1, 0.15) is 25.0 Å². The molecule has 2 aromatic rings. The van der Waals surface area contributed by atoms with Crippen LogP contribution >= 0.6 is 0 Å². The van der Waals surface area contributed by atoms with E-state index in [0.29, 0.717) is 11.4 Å². The van der Waals surface area contributed by atoms with Crippen molar-refractivity contribution in [3.8, 4) is 6.07 Å². The molecule has 0 fully saturated rings. The molecule has 0 heterocycles. The number of anilines is 2. The zero-order valence-electron chi connectivity index (χ0n) is 13.6. The van der Waals surface area contributed by atoms with E-state index in [9.17, 15) is 14.9 Å². The molecule has 0 aliphatic carbocycles. The molecule has 1 amide bonds. The van der Waals surface area contributed by atoms with Crippen molar-refractivity contribution in [2.45, 2.75) is 13.8 Å². The fraction of sp³-hybridized carbons (Fsp3) is 0.118. The number of hydrogen-bond acceptors (Lipinski definition) is 6. The number of rotatable bonds is 5. The summed E-state index contributed by atoms with van der Waals surface area (Å²) >= 11 is 0. The Morgan fingerprint density at radius 2 is 1.88 bits per heavy atom. The summed E-state index contributed by atoms with van der Waals surface area (Å²) in [5, 5.41) is 26.7. The number of nitriles is 1. The van der Waals surface area contributed by atoms with Crippen LogP contribution in [0.25, 0.3) is 0 Å². The Bertz CT molecular complexity index is 882. The number of hydrazone groups is 1. The fourth-order valence-electron chi connectivity index (χ4n) is 2.05. The molecule has 126 valence electrons. The van der Waals surface area contributed by atoms with E-state index in [2.05, 4.69) is 15.8 Å². The van der Waals surface area contributed by atoms with Gasteiger partial charge in [-0.25, -0.2) is 0 Å². The van der Waals surface area contributed by atoms with Gasteiger partial charge in [0.1, 0.15) is 5.69 Å². The number of benzene rings is 2. The maximum atomic E-state index is 11.1. The quantitative estimate of drug-likeness (QED) is 0.493. The number of nitro groups is 1. The minimum absolute atomic E-state index is 0.159. The molecule has 0 aliphatic rings. The van der Waals surface area contributed by atoms with E-state index in [1.807, 2.05) is 6.07 Å². The van der Waals surface area contributed by atoms with Gasteiger partial charge in [0.2, 0.25) is 5.91 Å². The van der Waals surface area contributed by atoms with Gasteiger partial charge in [-0.15, -0.1) is 0 Å². The lowest BCUT2D eigenvalue weighted by atomic mass is 10.1. The summed E-state index contributed by atoms with van der Waals surface area (Å²) in [4.78, 5) is 21.5. The van der Waals surface area contributed by atoms with Crippen LogP contribution in [0, 0.1) is 21.4 Å². The van der Waals surface area contributed by atoms with Crippen molar-refractivity contribution < 1.29 is 9.72 Å². The second kappa shape index (κ2) is 7.70. The molecule has 0 saturated heterocycles. The standard InChI is InChI=1S/C17H15N5O3/c1-11(14-4-6-15(7-5-14)19-12(2)23)20-21-16-8-3-13(10-18)9-17(16)22(24)25/h3-9,21H,1-2H3,(H,19,23)/b20-11-. The lowest BCUT2D eigenvalue weighted by Gasteiger charge is -2.06. The van der Waals surface area contributed by atoms with Crippen LogP contribution in [-0.4, -0.2) is 16.5 Å². The Morgan fingerprint density at radius 3 is 2.44 bits per heavy atom. The Hall–Kier alpha value is -3.73. The summed E-state index contributed by atoms with van der Waals surface area (Å²) in [6.07, 6.45) is 0. The molecule has 2 rings (SSSR count). The first-order valence-corrected chi connectivity index (χ1v) is 7.27. The van der Waals surface area contributed by atoms with Crippen molar-refractivity contribution in [2.24, 2.45) is 5.10 Å². The van der Waals surface area contributed by atoms with Gasteiger partial charge >= 0.3 is 0 Å². The predicted octanol–water partition coefficient (Wildman–Crippen LogP) is 3.26. The zero-order chi connectivity index (χ0) is 18.4. The van der Waals surface area contributed by atoms with E-state index in [1.165, 1.54) is 25.1 Å². The van der Waals surface area contributed by atoms with Gasteiger partial charge in [0.05, 0.1) is 22.3 Å².